The second kappa shape index (κ2) is 7.80. The molecule has 0 saturated carbocycles. The van der Waals surface area contributed by atoms with Crippen molar-refractivity contribution in [1.82, 2.24) is 9.97 Å². The van der Waals surface area contributed by atoms with Crippen LogP contribution in [0.5, 0.6) is 0 Å². The summed E-state index contributed by atoms with van der Waals surface area (Å²) < 4.78 is 55.2. The number of aryl methyl sites for hydroxylation is 3. The van der Waals surface area contributed by atoms with E-state index in [1.165, 1.54) is 36.7 Å². The third-order valence-corrected chi connectivity index (χ3v) is 7.11. The molecule has 0 bridgehead atoms. The quantitative estimate of drug-likeness (QED) is 0.618. The van der Waals surface area contributed by atoms with Crippen LogP contribution in [0.15, 0.2) is 64.6 Å². The number of hydrogen-bond acceptors (Lipinski definition) is 6. The number of hydrogen-bond donors (Lipinski definition) is 2. The van der Waals surface area contributed by atoms with Gasteiger partial charge in [0.25, 0.3) is 20.0 Å². The van der Waals surface area contributed by atoms with Gasteiger partial charge in [-0.15, -0.1) is 0 Å². The first-order valence-electron chi connectivity index (χ1n) is 8.59. The molecule has 2 aromatic carbocycles. The van der Waals surface area contributed by atoms with E-state index in [1.54, 1.807) is 32.0 Å². The summed E-state index contributed by atoms with van der Waals surface area (Å²) in [5.41, 5.74) is 2.50. The zero-order chi connectivity index (χ0) is 21.2. The highest BCUT2D eigenvalue weighted by Crippen LogP contribution is 2.25. The van der Waals surface area contributed by atoms with Crippen LogP contribution < -0.4 is 9.44 Å². The zero-order valence-electron chi connectivity index (χ0n) is 16.0. The van der Waals surface area contributed by atoms with Gasteiger partial charge in [0.05, 0.1) is 9.79 Å². The van der Waals surface area contributed by atoms with Crippen LogP contribution in [-0.2, 0) is 20.0 Å². The SMILES string of the molecule is Cc1cc(C)c(S(=O)(=O)Nc2ccc(S(=O)(=O)Nc3ncccn3)cc2)c(C)c1. The van der Waals surface area contributed by atoms with Crippen molar-refractivity contribution in [3.63, 3.8) is 0 Å². The third-order valence-electron chi connectivity index (χ3n) is 4.08. The predicted molar refractivity (Wildman–Crippen MR) is 111 cm³/mol. The summed E-state index contributed by atoms with van der Waals surface area (Å²) in [5, 5.41) is 0. The van der Waals surface area contributed by atoms with Crippen LogP contribution in [0.2, 0.25) is 0 Å². The minimum absolute atomic E-state index is 0.0457. The molecule has 3 rings (SSSR count). The molecule has 29 heavy (non-hydrogen) atoms. The predicted octanol–water partition coefficient (Wildman–Crippen LogP) is 3.00. The molecule has 10 heteroatoms. The van der Waals surface area contributed by atoms with Crippen LogP contribution in [-0.4, -0.2) is 26.8 Å². The van der Waals surface area contributed by atoms with E-state index >= 15 is 0 Å². The van der Waals surface area contributed by atoms with Gasteiger partial charge in [-0.05, 0) is 62.2 Å². The van der Waals surface area contributed by atoms with E-state index < -0.39 is 20.0 Å². The minimum atomic E-state index is -3.90. The van der Waals surface area contributed by atoms with Crippen molar-refractivity contribution in [3.05, 3.63) is 71.5 Å². The zero-order valence-corrected chi connectivity index (χ0v) is 17.7. The molecule has 2 N–H and O–H groups in total. The average Bonchev–Trinajstić information content (AvgIpc) is 2.61. The van der Waals surface area contributed by atoms with Crippen molar-refractivity contribution < 1.29 is 16.8 Å². The monoisotopic (exact) mass is 432 g/mol. The first kappa shape index (κ1) is 20.7. The van der Waals surface area contributed by atoms with E-state index in [-0.39, 0.29) is 21.4 Å². The molecule has 3 aromatic rings. The fourth-order valence-electron chi connectivity index (χ4n) is 3.03. The van der Waals surface area contributed by atoms with Gasteiger partial charge in [0.15, 0.2) is 0 Å². The molecular formula is C19H20N4O4S2. The van der Waals surface area contributed by atoms with Crippen LogP contribution in [0.1, 0.15) is 16.7 Å². The topological polar surface area (TPSA) is 118 Å². The van der Waals surface area contributed by atoms with Crippen LogP contribution in [0.3, 0.4) is 0 Å². The molecule has 0 unspecified atom stereocenters. The number of nitrogens with zero attached hydrogens (tertiary/aromatic N) is 2. The summed E-state index contributed by atoms with van der Waals surface area (Å²) in [6.45, 7) is 5.38. The largest absolute Gasteiger partial charge is 0.280 e. The lowest BCUT2D eigenvalue weighted by Gasteiger charge is -2.14. The van der Waals surface area contributed by atoms with Crippen molar-refractivity contribution in [1.29, 1.82) is 0 Å². The molecule has 0 aliphatic rings. The van der Waals surface area contributed by atoms with E-state index in [0.717, 1.165) is 5.56 Å². The van der Waals surface area contributed by atoms with E-state index in [1.807, 2.05) is 6.92 Å². The molecule has 0 aliphatic heterocycles. The van der Waals surface area contributed by atoms with Gasteiger partial charge < -0.3 is 0 Å². The molecule has 0 radical (unpaired) electrons. The van der Waals surface area contributed by atoms with Crippen molar-refractivity contribution in [2.24, 2.45) is 0 Å². The highest BCUT2D eigenvalue weighted by molar-refractivity contribution is 7.93. The first-order chi connectivity index (χ1) is 13.6. The van der Waals surface area contributed by atoms with E-state index in [2.05, 4.69) is 19.4 Å². The Kier molecular flexibility index (Phi) is 5.58. The Morgan fingerprint density at radius 2 is 1.31 bits per heavy atom. The number of aromatic nitrogens is 2. The maximum atomic E-state index is 12.8. The summed E-state index contributed by atoms with van der Waals surface area (Å²) in [5.74, 6) is -0.0531. The lowest BCUT2D eigenvalue weighted by molar-refractivity contribution is 0.599. The minimum Gasteiger partial charge on any atom is -0.280 e. The van der Waals surface area contributed by atoms with Gasteiger partial charge in [-0.25, -0.2) is 31.5 Å². The van der Waals surface area contributed by atoms with E-state index in [4.69, 9.17) is 0 Å². The van der Waals surface area contributed by atoms with Crippen molar-refractivity contribution >= 4 is 31.7 Å². The standard InChI is InChI=1S/C19H20N4O4S2/c1-13-11-14(2)18(15(3)12-13)29(26,27)22-16-5-7-17(8-6-16)28(24,25)23-19-20-9-4-10-21-19/h4-12,22H,1-3H3,(H,20,21,23). The summed E-state index contributed by atoms with van der Waals surface area (Å²) in [4.78, 5) is 7.80. The summed E-state index contributed by atoms with van der Waals surface area (Å²) in [7, 11) is -7.72. The van der Waals surface area contributed by atoms with Crippen LogP contribution in [0.25, 0.3) is 0 Å². The number of benzene rings is 2. The normalized spacial score (nSPS) is 11.8. The van der Waals surface area contributed by atoms with Gasteiger partial charge in [0, 0.05) is 18.1 Å². The Labute approximate surface area is 170 Å². The van der Waals surface area contributed by atoms with Crippen LogP contribution in [0, 0.1) is 20.8 Å². The molecule has 0 atom stereocenters. The van der Waals surface area contributed by atoms with Crippen LogP contribution in [0.4, 0.5) is 11.6 Å². The second-order valence-electron chi connectivity index (χ2n) is 6.54. The Bertz CT molecular complexity index is 1220. The first-order valence-corrected chi connectivity index (χ1v) is 11.6. The number of sulfonamides is 2. The van der Waals surface area contributed by atoms with Gasteiger partial charge in [-0.2, -0.15) is 0 Å². The molecule has 0 aliphatic carbocycles. The van der Waals surface area contributed by atoms with E-state index in [9.17, 15) is 16.8 Å². The Morgan fingerprint density at radius 1 is 0.759 bits per heavy atom. The molecule has 0 fully saturated rings. The molecule has 1 heterocycles. The Balaban J connectivity index is 1.84. The van der Waals surface area contributed by atoms with Gasteiger partial charge in [-0.3, -0.25) is 4.72 Å². The number of anilines is 2. The lowest BCUT2D eigenvalue weighted by Crippen LogP contribution is -2.17. The number of nitrogens with one attached hydrogen (secondary N) is 2. The molecule has 152 valence electrons. The highest BCUT2D eigenvalue weighted by atomic mass is 32.2. The third kappa shape index (κ3) is 4.72. The smallest absolute Gasteiger partial charge is 0.264 e. The van der Waals surface area contributed by atoms with Gasteiger partial charge in [-0.1, -0.05) is 17.7 Å². The fraction of sp³-hybridized carbons (Fsp3) is 0.158. The molecule has 1 aromatic heterocycles. The molecule has 0 spiro atoms. The van der Waals surface area contributed by atoms with Gasteiger partial charge >= 0.3 is 0 Å². The second-order valence-corrected chi connectivity index (χ2v) is 9.84. The Morgan fingerprint density at radius 3 is 1.86 bits per heavy atom. The highest BCUT2D eigenvalue weighted by Gasteiger charge is 2.21. The van der Waals surface area contributed by atoms with Crippen molar-refractivity contribution in [2.45, 2.75) is 30.6 Å². The molecule has 0 amide bonds. The maximum Gasteiger partial charge on any atom is 0.264 e. The Hall–Kier alpha value is -2.98. The molecule has 8 nitrogen and oxygen atoms in total. The lowest BCUT2D eigenvalue weighted by atomic mass is 10.1. The van der Waals surface area contributed by atoms with Crippen LogP contribution >= 0.6 is 0 Å². The van der Waals surface area contributed by atoms with Gasteiger partial charge in [0.2, 0.25) is 5.95 Å². The van der Waals surface area contributed by atoms with E-state index in [0.29, 0.717) is 11.1 Å². The fourth-order valence-corrected chi connectivity index (χ4v) is 5.50. The molecular weight excluding hydrogens is 412 g/mol. The summed E-state index contributed by atoms with van der Waals surface area (Å²) in [6.07, 6.45) is 2.83. The van der Waals surface area contributed by atoms with Crippen molar-refractivity contribution in [3.8, 4) is 0 Å². The summed E-state index contributed by atoms with van der Waals surface area (Å²) >= 11 is 0. The summed E-state index contributed by atoms with van der Waals surface area (Å²) in [6, 6.07) is 10.5. The molecule has 0 saturated heterocycles. The van der Waals surface area contributed by atoms with Gasteiger partial charge in [0.1, 0.15) is 0 Å². The van der Waals surface area contributed by atoms with Crippen molar-refractivity contribution in [2.75, 3.05) is 9.44 Å². The number of rotatable bonds is 6. The maximum absolute atomic E-state index is 12.8. The average molecular weight is 433 g/mol.